The predicted octanol–water partition coefficient (Wildman–Crippen LogP) is 4.06. The standard InChI is InChI=1S/C14H24ClN3/c1-4-5-12(6-7-15)9-16-14-8-13(11(2)3)17-10-18-14/h8,10-12H,4-7,9H2,1-3H3,(H,16,17,18). The molecule has 0 saturated carbocycles. The van der Waals surface area contributed by atoms with E-state index in [0.717, 1.165) is 30.4 Å². The van der Waals surface area contributed by atoms with Gasteiger partial charge in [0, 0.05) is 24.2 Å². The molecule has 1 aromatic rings. The van der Waals surface area contributed by atoms with Crippen LogP contribution in [-0.4, -0.2) is 22.4 Å². The van der Waals surface area contributed by atoms with Crippen LogP contribution in [0.25, 0.3) is 0 Å². The molecule has 0 aliphatic carbocycles. The summed E-state index contributed by atoms with van der Waals surface area (Å²) in [6.07, 6.45) is 5.10. The molecule has 0 bridgehead atoms. The molecule has 1 aromatic heterocycles. The monoisotopic (exact) mass is 269 g/mol. The van der Waals surface area contributed by atoms with Gasteiger partial charge in [-0.25, -0.2) is 9.97 Å². The van der Waals surface area contributed by atoms with Crippen molar-refractivity contribution in [2.45, 2.75) is 46.0 Å². The summed E-state index contributed by atoms with van der Waals surface area (Å²) in [5.74, 6) is 2.71. The molecule has 0 amide bonds. The van der Waals surface area contributed by atoms with Crippen molar-refractivity contribution >= 4 is 17.4 Å². The smallest absolute Gasteiger partial charge is 0.129 e. The first-order valence-corrected chi connectivity index (χ1v) is 7.32. The fraction of sp³-hybridized carbons (Fsp3) is 0.714. The SMILES string of the molecule is CCCC(CCCl)CNc1cc(C(C)C)ncn1. The Kier molecular flexibility index (Phi) is 7.02. The summed E-state index contributed by atoms with van der Waals surface area (Å²) < 4.78 is 0. The second kappa shape index (κ2) is 8.30. The minimum absolute atomic E-state index is 0.433. The van der Waals surface area contributed by atoms with Gasteiger partial charge in [-0.1, -0.05) is 27.2 Å². The van der Waals surface area contributed by atoms with Crippen LogP contribution in [0.1, 0.15) is 51.6 Å². The second-order valence-corrected chi connectivity index (χ2v) is 5.37. The number of halogens is 1. The summed E-state index contributed by atoms with van der Waals surface area (Å²) in [7, 11) is 0. The Morgan fingerprint density at radius 2 is 2.06 bits per heavy atom. The lowest BCUT2D eigenvalue weighted by Crippen LogP contribution is -2.16. The third-order valence-electron chi connectivity index (χ3n) is 3.07. The van der Waals surface area contributed by atoms with Crippen LogP contribution in [0.15, 0.2) is 12.4 Å². The van der Waals surface area contributed by atoms with Crippen molar-refractivity contribution in [3.05, 3.63) is 18.1 Å². The minimum Gasteiger partial charge on any atom is -0.370 e. The van der Waals surface area contributed by atoms with Gasteiger partial charge in [-0.05, 0) is 24.7 Å². The summed E-state index contributed by atoms with van der Waals surface area (Å²) in [6.45, 7) is 7.43. The topological polar surface area (TPSA) is 37.8 Å². The molecule has 4 heteroatoms. The number of hydrogen-bond donors (Lipinski definition) is 1. The first-order chi connectivity index (χ1) is 8.67. The predicted molar refractivity (Wildman–Crippen MR) is 78.3 cm³/mol. The Hall–Kier alpha value is -0.830. The number of rotatable bonds is 8. The molecule has 1 atom stereocenters. The Bertz CT molecular complexity index is 336. The quantitative estimate of drug-likeness (QED) is 0.724. The van der Waals surface area contributed by atoms with Gasteiger partial charge < -0.3 is 5.32 Å². The highest BCUT2D eigenvalue weighted by molar-refractivity contribution is 6.17. The number of anilines is 1. The molecule has 1 unspecified atom stereocenters. The molecule has 102 valence electrons. The minimum atomic E-state index is 0.433. The molecular formula is C14H24ClN3. The van der Waals surface area contributed by atoms with E-state index < -0.39 is 0 Å². The van der Waals surface area contributed by atoms with Crippen LogP contribution in [0.4, 0.5) is 5.82 Å². The van der Waals surface area contributed by atoms with Gasteiger partial charge in [-0.15, -0.1) is 11.6 Å². The summed E-state index contributed by atoms with van der Waals surface area (Å²) in [6, 6.07) is 2.04. The molecule has 0 saturated heterocycles. The normalized spacial score (nSPS) is 12.7. The average Bonchev–Trinajstić information content (AvgIpc) is 2.37. The molecular weight excluding hydrogens is 246 g/mol. The van der Waals surface area contributed by atoms with Crippen LogP contribution in [0.5, 0.6) is 0 Å². The van der Waals surface area contributed by atoms with E-state index in [4.69, 9.17) is 11.6 Å². The van der Waals surface area contributed by atoms with Crippen LogP contribution in [0.2, 0.25) is 0 Å². The van der Waals surface area contributed by atoms with E-state index in [2.05, 4.69) is 36.1 Å². The van der Waals surface area contributed by atoms with Crippen molar-refractivity contribution in [3.8, 4) is 0 Å². The molecule has 0 aliphatic heterocycles. The number of hydrogen-bond acceptors (Lipinski definition) is 3. The molecule has 3 nitrogen and oxygen atoms in total. The zero-order valence-corrected chi connectivity index (χ0v) is 12.4. The van der Waals surface area contributed by atoms with Crippen LogP contribution in [0.3, 0.4) is 0 Å². The lowest BCUT2D eigenvalue weighted by molar-refractivity contribution is 0.489. The molecule has 18 heavy (non-hydrogen) atoms. The number of nitrogens with one attached hydrogen (secondary N) is 1. The average molecular weight is 270 g/mol. The van der Waals surface area contributed by atoms with Gasteiger partial charge in [0.05, 0.1) is 0 Å². The summed E-state index contributed by atoms with van der Waals surface area (Å²) in [4.78, 5) is 8.53. The third kappa shape index (κ3) is 5.21. The van der Waals surface area contributed by atoms with E-state index >= 15 is 0 Å². The molecule has 0 radical (unpaired) electrons. The van der Waals surface area contributed by atoms with Crippen molar-refractivity contribution in [1.82, 2.24) is 9.97 Å². The number of aromatic nitrogens is 2. The molecule has 1 rings (SSSR count). The van der Waals surface area contributed by atoms with Crippen molar-refractivity contribution in [2.75, 3.05) is 17.7 Å². The Labute approximate surface area is 115 Å². The fourth-order valence-corrected chi connectivity index (χ4v) is 2.25. The Morgan fingerprint density at radius 1 is 1.28 bits per heavy atom. The highest BCUT2D eigenvalue weighted by Gasteiger charge is 2.08. The maximum absolute atomic E-state index is 5.83. The van der Waals surface area contributed by atoms with Crippen molar-refractivity contribution in [3.63, 3.8) is 0 Å². The highest BCUT2D eigenvalue weighted by atomic mass is 35.5. The maximum atomic E-state index is 5.83. The van der Waals surface area contributed by atoms with Crippen LogP contribution in [0, 0.1) is 5.92 Å². The van der Waals surface area contributed by atoms with E-state index in [0.29, 0.717) is 11.8 Å². The van der Waals surface area contributed by atoms with Gasteiger partial charge in [0.15, 0.2) is 0 Å². The van der Waals surface area contributed by atoms with Crippen molar-refractivity contribution < 1.29 is 0 Å². The van der Waals surface area contributed by atoms with Crippen molar-refractivity contribution in [1.29, 1.82) is 0 Å². The summed E-state index contributed by atoms with van der Waals surface area (Å²) >= 11 is 5.83. The van der Waals surface area contributed by atoms with Crippen LogP contribution < -0.4 is 5.32 Å². The molecule has 1 N–H and O–H groups in total. The number of alkyl halides is 1. The molecule has 0 aromatic carbocycles. The molecule has 1 heterocycles. The van der Waals surface area contributed by atoms with Gasteiger partial charge in [-0.2, -0.15) is 0 Å². The fourth-order valence-electron chi connectivity index (χ4n) is 1.94. The first kappa shape index (κ1) is 15.2. The maximum Gasteiger partial charge on any atom is 0.129 e. The molecule has 0 spiro atoms. The van der Waals surface area contributed by atoms with Crippen molar-refractivity contribution in [2.24, 2.45) is 5.92 Å². The summed E-state index contributed by atoms with van der Waals surface area (Å²) in [5.41, 5.74) is 1.08. The Balaban J connectivity index is 2.53. The third-order valence-corrected chi connectivity index (χ3v) is 3.28. The zero-order chi connectivity index (χ0) is 13.4. The molecule has 0 aliphatic rings. The van der Waals surface area contributed by atoms with Gasteiger partial charge in [-0.3, -0.25) is 0 Å². The molecule has 0 fully saturated rings. The number of nitrogens with zero attached hydrogens (tertiary/aromatic N) is 2. The van der Waals surface area contributed by atoms with E-state index in [1.165, 1.54) is 12.8 Å². The lowest BCUT2D eigenvalue weighted by Gasteiger charge is -2.16. The van der Waals surface area contributed by atoms with Gasteiger partial charge in [0.25, 0.3) is 0 Å². The lowest BCUT2D eigenvalue weighted by atomic mass is 10.0. The van der Waals surface area contributed by atoms with E-state index in [1.54, 1.807) is 6.33 Å². The Morgan fingerprint density at radius 3 is 2.67 bits per heavy atom. The first-order valence-electron chi connectivity index (χ1n) is 6.79. The second-order valence-electron chi connectivity index (χ2n) is 5.00. The van der Waals surface area contributed by atoms with Gasteiger partial charge in [0.2, 0.25) is 0 Å². The van der Waals surface area contributed by atoms with Gasteiger partial charge in [0.1, 0.15) is 12.1 Å². The highest BCUT2D eigenvalue weighted by Crippen LogP contribution is 2.16. The van der Waals surface area contributed by atoms with E-state index in [9.17, 15) is 0 Å². The zero-order valence-electron chi connectivity index (χ0n) is 11.6. The van der Waals surface area contributed by atoms with E-state index in [-0.39, 0.29) is 0 Å². The van der Waals surface area contributed by atoms with Crippen LogP contribution >= 0.6 is 11.6 Å². The van der Waals surface area contributed by atoms with Gasteiger partial charge >= 0.3 is 0 Å². The van der Waals surface area contributed by atoms with E-state index in [1.807, 2.05) is 6.07 Å². The van der Waals surface area contributed by atoms with Crippen LogP contribution in [-0.2, 0) is 0 Å². The largest absolute Gasteiger partial charge is 0.370 e. The summed E-state index contributed by atoms with van der Waals surface area (Å²) in [5, 5.41) is 3.40.